The van der Waals surface area contributed by atoms with E-state index in [1.54, 1.807) is 0 Å². The van der Waals surface area contributed by atoms with Crippen molar-refractivity contribution >= 4 is 15.9 Å². The van der Waals surface area contributed by atoms with Crippen LogP contribution in [0.1, 0.15) is 32.1 Å². The Bertz CT molecular complexity index is 404. The Morgan fingerprint density at radius 2 is 1.89 bits per heavy atom. The molecule has 2 heterocycles. The second-order valence-corrected chi connectivity index (χ2v) is 7.77. The fraction of sp³-hybridized carbons (Fsp3) is 0.917. The molecule has 0 aromatic rings. The largest absolute Gasteiger partial charge is 0.337 e. The highest BCUT2D eigenvalue weighted by Crippen LogP contribution is 2.18. The maximum atomic E-state index is 11.8. The number of carbonyl (C=O) groups excluding carboxylic acids is 1. The number of nitrogens with one attached hydrogen (secondary N) is 3. The van der Waals surface area contributed by atoms with Gasteiger partial charge in [0.25, 0.3) is 0 Å². The number of hydrogen-bond donors (Lipinski definition) is 3. The minimum Gasteiger partial charge on any atom is -0.337 e. The van der Waals surface area contributed by atoms with Gasteiger partial charge in [-0.2, -0.15) is 0 Å². The van der Waals surface area contributed by atoms with E-state index in [2.05, 4.69) is 16.0 Å². The van der Waals surface area contributed by atoms with Gasteiger partial charge in [0.05, 0.1) is 11.0 Å². The molecule has 19 heavy (non-hydrogen) atoms. The monoisotopic (exact) mass is 289 g/mol. The molecule has 2 saturated heterocycles. The number of rotatable bonds is 4. The molecule has 0 spiro atoms. The van der Waals surface area contributed by atoms with Crippen LogP contribution in [0, 0.1) is 0 Å². The summed E-state index contributed by atoms with van der Waals surface area (Å²) in [6.07, 6.45) is 4.57. The first-order chi connectivity index (χ1) is 9.08. The van der Waals surface area contributed by atoms with E-state index < -0.39 is 15.1 Å². The van der Waals surface area contributed by atoms with Gasteiger partial charge in [-0.1, -0.05) is 6.42 Å². The maximum Gasteiger partial charge on any atom is 0.314 e. The Morgan fingerprint density at radius 3 is 2.58 bits per heavy atom. The second kappa shape index (κ2) is 6.56. The van der Waals surface area contributed by atoms with Crippen molar-refractivity contribution in [1.82, 2.24) is 16.0 Å². The fourth-order valence-corrected chi connectivity index (χ4v) is 4.47. The SMILES string of the molecule is O=C(NCC1CCCN1)NCC1CCCCS1(=O)=O. The molecule has 2 rings (SSSR count). The van der Waals surface area contributed by atoms with Crippen LogP contribution >= 0.6 is 0 Å². The maximum absolute atomic E-state index is 11.8. The lowest BCUT2D eigenvalue weighted by molar-refractivity contribution is 0.239. The smallest absolute Gasteiger partial charge is 0.314 e. The van der Waals surface area contributed by atoms with E-state index >= 15 is 0 Å². The number of hydrogen-bond acceptors (Lipinski definition) is 4. The quantitative estimate of drug-likeness (QED) is 0.680. The molecular formula is C12H23N3O3S. The van der Waals surface area contributed by atoms with Gasteiger partial charge in [0, 0.05) is 19.1 Å². The lowest BCUT2D eigenvalue weighted by Gasteiger charge is -2.22. The van der Waals surface area contributed by atoms with E-state index in [4.69, 9.17) is 0 Å². The summed E-state index contributed by atoms with van der Waals surface area (Å²) >= 11 is 0. The van der Waals surface area contributed by atoms with Crippen molar-refractivity contribution in [2.45, 2.75) is 43.4 Å². The molecule has 7 heteroatoms. The zero-order chi connectivity index (χ0) is 13.7. The summed E-state index contributed by atoms with van der Waals surface area (Å²) in [7, 11) is -3.00. The highest BCUT2D eigenvalue weighted by Gasteiger charge is 2.28. The topological polar surface area (TPSA) is 87.3 Å². The van der Waals surface area contributed by atoms with Crippen molar-refractivity contribution in [3.05, 3.63) is 0 Å². The summed E-state index contributed by atoms with van der Waals surface area (Å²) in [4.78, 5) is 11.6. The van der Waals surface area contributed by atoms with Crippen LogP contribution < -0.4 is 16.0 Å². The molecule has 6 nitrogen and oxygen atoms in total. The number of urea groups is 1. The average molecular weight is 289 g/mol. The summed E-state index contributed by atoms with van der Waals surface area (Å²) in [6, 6.07) is 0.0821. The molecule has 0 radical (unpaired) electrons. The fourth-order valence-electron chi connectivity index (χ4n) is 2.67. The summed E-state index contributed by atoms with van der Waals surface area (Å²) in [5.74, 6) is 0.257. The molecule has 0 aromatic carbocycles. The third-order valence-electron chi connectivity index (χ3n) is 3.87. The van der Waals surface area contributed by atoms with Crippen molar-refractivity contribution in [2.75, 3.05) is 25.4 Å². The number of amides is 2. The first-order valence-corrected chi connectivity index (χ1v) is 8.76. The predicted molar refractivity (Wildman–Crippen MR) is 73.9 cm³/mol. The molecule has 2 atom stereocenters. The van der Waals surface area contributed by atoms with Crippen LogP contribution in [0.2, 0.25) is 0 Å². The Balaban J connectivity index is 1.67. The van der Waals surface area contributed by atoms with Crippen LogP contribution in [0.4, 0.5) is 4.79 Å². The second-order valence-electron chi connectivity index (χ2n) is 5.37. The predicted octanol–water partition coefficient (Wildman–Crippen LogP) is 0.00490. The molecule has 0 bridgehead atoms. The molecule has 3 N–H and O–H groups in total. The zero-order valence-electron chi connectivity index (χ0n) is 11.2. The van der Waals surface area contributed by atoms with Gasteiger partial charge in [-0.25, -0.2) is 13.2 Å². The van der Waals surface area contributed by atoms with Gasteiger partial charge < -0.3 is 16.0 Å². The Kier molecular flexibility index (Phi) is 5.04. The van der Waals surface area contributed by atoms with Crippen LogP contribution in [-0.2, 0) is 9.84 Å². The first kappa shape index (κ1) is 14.6. The third kappa shape index (κ3) is 4.35. The van der Waals surface area contributed by atoms with Gasteiger partial charge >= 0.3 is 6.03 Å². The van der Waals surface area contributed by atoms with E-state index in [-0.39, 0.29) is 18.3 Å². The van der Waals surface area contributed by atoms with E-state index in [0.29, 0.717) is 19.0 Å². The van der Waals surface area contributed by atoms with Gasteiger partial charge in [-0.05, 0) is 32.2 Å². The highest BCUT2D eigenvalue weighted by molar-refractivity contribution is 7.92. The van der Waals surface area contributed by atoms with Crippen LogP contribution in [0.5, 0.6) is 0 Å². The molecule has 2 fully saturated rings. The normalized spacial score (nSPS) is 29.9. The lowest BCUT2D eigenvalue weighted by Crippen LogP contribution is -2.46. The molecule has 2 aliphatic rings. The van der Waals surface area contributed by atoms with Gasteiger partial charge in [-0.15, -0.1) is 0 Å². The van der Waals surface area contributed by atoms with Crippen molar-refractivity contribution < 1.29 is 13.2 Å². The van der Waals surface area contributed by atoms with Crippen LogP contribution in [0.15, 0.2) is 0 Å². The Hall–Kier alpha value is -0.820. The van der Waals surface area contributed by atoms with Gasteiger partial charge in [0.2, 0.25) is 0 Å². The van der Waals surface area contributed by atoms with E-state index in [1.807, 2.05) is 0 Å². The van der Waals surface area contributed by atoms with Crippen molar-refractivity contribution in [3.8, 4) is 0 Å². The number of carbonyl (C=O) groups is 1. The van der Waals surface area contributed by atoms with Crippen LogP contribution in [0.25, 0.3) is 0 Å². The third-order valence-corrected chi connectivity index (χ3v) is 6.15. The van der Waals surface area contributed by atoms with E-state index in [0.717, 1.165) is 32.2 Å². The van der Waals surface area contributed by atoms with Gasteiger partial charge in [0.15, 0.2) is 9.84 Å². The Labute approximate surface area is 114 Å². The summed E-state index contributed by atoms with van der Waals surface area (Å²) in [5.41, 5.74) is 0. The highest BCUT2D eigenvalue weighted by atomic mass is 32.2. The lowest BCUT2D eigenvalue weighted by atomic mass is 10.2. The molecule has 2 unspecified atom stereocenters. The minimum atomic E-state index is -3.00. The van der Waals surface area contributed by atoms with Gasteiger partial charge in [0.1, 0.15) is 0 Å². The standard InChI is InChI=1S/C12H23N3O3S/c16-12(14-8-10-4-3-6-13-10)15-9-11-5-1-2-7-19(11,17)18/h10-11,13H,1-9H2,(H2,14,15,16). The van der Waals surface area contributed by atoms with Crippen molar-refractivity contribution in [1.29, 1.82) is 0 Å². The summed E-state index contributed by atoms with van der Waals surface area (Å²) in [6.45, 7) is 1.84. The van der Waals surface area contributed by atoms with Crippen LogP contribution in [-0.4, -0.2) is 51.1 Å². The molecule has 0 aliphatic carbocycles. The zero-order valence-corrected chi connectivity index (χ0v) is 12.0. The number of sulfone groups is 1. The molecule has 2 amide bonds. The van der Waals surface area contributed by atoms with E-state index in [9.17, 15) is 13.2 Å². The van der Waals surface area contributed by atoms with Gasteiger partial charge in [-0.3, -0.25) is 0 Å². The van der Waals surface area contributed by atoms with Crippen molar-refractivity contribution in [3.63, 3.8) is 0 Å². The molecular weight excluding hydrogens is 266 g/mol. The minimum absolute atomic E-state index is 0.228. The Morgan fingerprint density at radius 1 is 1.11 bits per heavy atom. The molecule has 2 aliphatic heterocycles. The summed E-state index contributed by atoms with van der Waals surface area (Å²) in [5, 5.41) is 8.35. The van der Waals surface area contributed by atoms with Crippen molar-refractivity contribution in [2.24, 2.45) is 0 Å². The molecule has 0 saturated carbocycles. The van der Waals surface area contributed by atoms with Crippen LogP contribution in [0.3, 0.4) is 0 Å². The first-order valence-electron chi connectivity index (χ1n) is 7.04. The average Bonchev–Trinajstić information content (AvgIpc) is 2.87. The molecule has 110 valence electrons. The molecule has 0 aromatic heterocycles. The summed E-state index contributed by atoms with van der Waals surface area (Å²) < 4.78 is 23.6. The van der Waals surface area contributed by atoms with E-state index in [1.165, 1.54) is 0 Å².